The lowest BCUT2D eigenvalue weighted by molar-refractivity contribution is 0.487. The van der Waals surface area contributed by atoms with Gasteiger partial charge in [0.15, 0.2) is 15.9 Å². The summed E-state index contributed by atoms with van der Waals surface area (Å²) in [4.78, 5) is 28.8. The zero-order chi connectivity index (χ0) is 19.3. The number of fused-ring (bicyclic) bond motifs is 1. The molecule has 11 heteroatoms. The lowest BCUT2D eigenvalue weighted by atomic mass is 10.2. The molecule has 0 spiro atoms. The third kappa shape index (κ3) is 2.96. The van der Waals surface area contributed by atoms with E-state index >= 15 is 0 Å². The molecule has 3 aromatic heterocycles. The fourth-order valence-corrected chi connectivity index (χ4v) is 3.50. The highest BCUT2D eigenvalue weighted by atomic mass is 79.9. The Balaban J connectivity index is 1.79. The van der Waals surface area contributed by atoms with Crippen LogP contribution in [0.5, 0.6) is 0 Å². The van der Waals surface area contributed by atoms with Gasteiger partial charge in [0.05, 0.1) is 0 Å². The Morgan fingerprint density at radius 3 is 2.44 bits per heavy atom. The standard InChI is InChI=1S/C16H12Br2N6O3/c1-22-13-11(14(25)23(2)16(22)26)19-15(18)24(13)7-10-20-21-12(27-10)8-3-5-9(17)6-4-8/h3-6H,7H2,1-2H3. The molecule has 27 heavy (non-hydrogen) atoms. The zero-order valence-electron chi connectivity index (χ0n) is 14.2. The van der Waals surface area contributed by atoms with Crippen LogP contribution in [0, 0.1) is 0 Å². The van der Waals surface area contributed by atoms with Crippen molar-refractivity contribution >= 4 is 43.0 Å². The third-order valence-corrected chi connectivity index (χ3v) is 5.28. The molecule has 0 saturated carbocycles. The van der Waals surface area contributed by atoms with Gasteiger partial charge in [-0.2, -0.15) is 0 Å². The normalized spacial score (nSPS) is 11.4. The summed E-state index contributed by atoms with van der Waals surface area (Å²) in [5.41, 5.74) is 0.432. The molecule has 0 N–H and O–H groups in total. The van der Waals surface area contributed by atoms with Crippen molar-refractivity contribution in [3.8, 4) is 11.5 Å². The highest BCUT2D eigenvalue weighted by molar-refractivity contribution is 9.10. The highest BCUT2D eigenvalue weighted by Crippen LogP contribution is 2.22. The zero-order valence-corrected chi connectivity index (χ0v) is 17.4. The minimum absolute atomic E-state index is 0.154. The Morgan fingerprint density at radius 1 is 1.04 bits per heavy atom. The summed E-state index contributed by atoms with van der Waals surface area (Å²) in [5, 5.41) is 8.12. The molecule has 0 bridgehead atoms. The third-order valence-electron chi connectivity index (χ3n) is 4.14. The smallest absolute Gasteiger partial charge is 0.332 e. The van der Waals surface area contributed by atoms with Gasteiger partial charge in [-0.15, -0.1) is 10.2 Å². The summed E-state index contributed by atoms with van der Waals surface area (Å²) in [7, 11) is 3.00. The fourth-order valence-electron chi connectivity index (χ4n) is 2.76. The van der Waals surface area contributed by atoms with Crippen LogP contribution in [0.4, 0.5) is 0 Å². The number of hydrogen-bond acceptors (Lipinski definition) is 6. The Hall–Kier alpha value is -2.53. The minimum atomic E-state index is -0.464. The molecular weight excluding hydrogens is 484 g/mol. The average Bonchev–Trinajstić information content (AvgIpc) is 3.24. The molecule has 0 atom stereocenters. The summed E-state index contributed by atoms with van der Waals surface area (Å²) in [5.74, 6) is 0.698. The van der Waals surface area contributed by atoms with Gasteiger partial charge in [0.2, 0.25) is 11.8 Å². The average molecular weight is 496 g/mol. The quantitative estimate of drug-likeness (QED) is 0.403. The summed E-state index contributed by atoms with van der Waals surface area (Å²) in [6.07, 6.45) is 0. The van der Waals surface area contributed by atoms with Crippen molar-refractivity contribution in [3.63, 3.8) is 0 Å². The van der Waals surface area contributed by atoms with E-state index in [1.807, 2.05) is 24.3 Å². The van der Waals surface area contributed by atoms with Crippen LogP contribution < -0.4 is 11.2 Å². The van der Waals surface area contributed by atoms with Crippen molar-refractivity contribution in [3.05, 3.63) is 60.2 Å². The van der Waals surface area contributed by atoms with Crippen molar-refractivity contribution in [2.75, 3.05) is 0 Å². The molecule has 0 fully saturated rings. The minimum Gasteiger partial charge on any atom is -0.419 e. The number of aryl methyl sites for hydroxylation is 1. The van der Waals surface area contributed by atoms with Crippen LogP contribution in [0.3, 0.4) is 0 Å². The number of hydrogen-bond donors (Lipinski definition) is 0. The molecule has 138 valence electrons. The predicted octanol–water partition coefficient (Wildman–Crippen LogP) is 2.06. The Bertz CT molecular complexity index is 1280. The van der Waals surface area contributed by atoms with Gasteiger partial charge in [-0.25, -0.2) is 9.78 Å². The number of nitrogens with zero attached hydrogens (tertiary/aromatic N) is 6. The van der Waals surface area contributed by atoms with Crippen LogP contribution >= 0.6 is 31.9 Å². The van der Waals surface area contributed by atoms with Crippen LogP contribution in [-0.2, 0) is 20.6 Å². The molecule has 0 aliphatic rings. The molecule has 0 aliphatic carbocycles. The lowest BCUT2D eigenvalue weighted by Crippen LogP contribution is -2.37. The number of halogens is 2. The van der Waals surface area contributed by atoms with Gasteiger partial charge < -0.3 is 4.42 Å². The first-order valence-corrected chi connectivity index (χ1v) is 9.35. The largest absolute Gasteiger partial charge is 0.419 e. The van der Waals surface area contributed by atoms with Gasteiger partial charge in [-0.3, -0.25) is 18.5 Å². The number of rotatable bonds is 3. The Labute approximate surface area is 168 Å². The van der Waals surface area contributed by atoms with Crippen LogP contribution in [0.2, 0.25) is 0 Å². The van der Waals surface area contributed by atoms with Crippen molar-refractivity contribution in [1.29, 1.82) is 0 Å². The fraction of sp³-hybridized carbons (Fsp3) is 0.188. The predicted molar refractivity (Wildman–Crippen MR) is 104 cm³/mol. The maximum Gasteiger partial charge on any atom is 0.332 e. The van der Waals surface area contributed by atoms with E-state index in [4.69, 9.17) is 4.42 Å². The molecule has 0 aliphatic heterocycles. The van der Waals surface area contributed by atoms with Crippen molar-refractivity contribution in [1.82, 2.24) is 28.9 Å². The lowest BCUT2D eigenvalue weighted by Gasteiger charge is -2.07. The second-order valence-corrected chi connectivity index (χ2v) is 7.48. The maximum atomic E-state index is 12.3. The number of benzene rings is 1. The van der Waals surface area contributed by atoms with E-state index in [0.29, 0.717) is 22.2 Å². The van der Waals surface area contributed by atoms with Crippen molar-refractivity contribution < 1.29 is 4.42 Å². The molecular formula is C16H12Br2N6O3. The molecule has 4 aromatic rings. The topological polar surface area (TPSA) is 101 Å². The van der Waals surface area contributed by atoms with Crippen LogP contribution in [0.15, 0.2) is 47.5 Å². The van der Waals surface area contributed by atoms with E-state index in [2.05, 4.69) is 47.0 Å². The van der Waals surface area contributed by atoms with E-state index in [1.54, 1.807) is 11.6 Å². The van der Waals surface area contributed by atoms with Gasteiger partial charge in [0.25, 0.3) is 5.56 Å². The molecule has 9 nitrogen and oxygen atoms in total. The number of imidazole rings is 1. The summed E-state index contributed by atoms with van der Waals surface area (Å²) < 4.78 is 11.1. The van der Waals surface area contributed by atoms with Crippen molar-refractivity contribution in [2.24, 2.45) is 14.1 Å². The van der Waals surface area contributed by atoms with Gasteiger partial charge >= 0.3 is 5.69 Å². The highest BCUT2D eigenvalue weighted by Gasteiger charge is 2.19. The molecule has 0 amide bonds. The molecule has 0 radical (unpaired) electrons. The Kier molecular flexibility index (Phi) is 4.35. The SMILES string of the molecule is Cn1c(=O)c2nc(Br)n(Cc3nnc(-c4ccc(Br)cc4)o3)c2n(C)c1=O. The second kappa shape index (κ2) is 6.57. The first-order valence-electron chi connectivity index (χ1n) is 7.77. The summed E-state index contributed by atoms with van der Waals surface area (Å²) in [6.45, 7) is 0.154. The van der Waals surface area contributed by atoms with E-state index in [9.17, 15) is 9.59 Å². The van der Waals surface area contributed by atoms with E-state index in [1.165, 1.54) is 11.6 Å². The van der Waals surface area contributed by atoms with Crippen LogP contribution in [-0.4, -0.2) is 28.9 Å². The summed E-state index contributed by atoms with van der Waals surface area (Å²) in [6, 6.07) is 7.48. The van der Waals surface area contributed by atoms with Crippen molar-refractivity contribution in [2.45, 2.75) is 6.54 Å². The van der Waals surface area contributed by atoms with Gasteiger partial charge in [-0.05, 0) is 40.2 Å². The van der Waals surface area contributed by atoms with Crippen LogP contribution in [0.1, 0.15) is 5.89 Å². The molecule has 0 unspecified atom stereocenters. The first-order chi connectivity index (χ1) is 12.9. The van der Waals surface area contributed by atoms with E-state index in [0.717, 1.165) is 14.6 Å². The van der Waals surface area contributed by atoms with Gasteiger partial charge in [0, 0.05) is 24.1 Å². The van der Waals surface area contributed by atoms with Crippen LogP contribution in [0.25, 0.3) is 22.6 Å². The molecule has 1 aromatic carbocycles. The molecule has 3 heterocycles. The second-order valence-electron chi connectivity index (χ2n) is 5.85. The monoisotopic (exact) mass is 494 g/mol. The van der Waals surface area contributed by atoms with Gasteiger partial charge in [0.1, 0.15) is 6.54 Å². The first kappa shape index (κ1) is 17.9. The molecule has 4 rings (SSSR count). The number of aromatic nitrogens is 6. The maximum absolute atomic E-state index is 12.3. The van der Waals surface area contributed by atoms with E-state index in [-0.39, 0.29) is 12.1 Å². The Morgan fingerprint density at radius 2 is 1.74 bits per heavy atom. The molecule has 0 saturated heterocycles. The van der Waals surface area contributed by atoms with E-state index < -0.39 is 11.2 Å². The summed E-state index contributed by atoms with van der Waals surface area (Å²) >= 11 is 6.72. The van der Waals surface area contributed by atoms with Gasteiger partial charge in [-0.1, -0.05) is 15.9 Å².